The third-order valence-corrected chi connectivity index (χ3v) is 5.94. The molecule has 16 heavy (non-hydrogen) atoms. The lowest BCUT2D eigenvalue weighted by Gasteiger charge is -2.36. The summed E-state index contributed by atoms with van der Waals surface area (Å²) in [6.45, 7) is 2.25. The third kappa shape index (κ3) is 3.27. The van der Waals surface area contributed by atoms with Gasteiger partial charge in [-0.25, -0.2) is 0 Å². The van der Waals surface area contributed by atoms with Crippen LogP contribution in [0, 0.1) is 5.92 Å². The first-order chi connectivity index (χ1) is 7.71. The average Bonchev–Trinajstić information content (AvgIpc) is 2.36. The van der Waals surface area contributed by atoms with Gasteiger partial charge < -0.3 is 13.3 Å². The Morgan fingerprint density at radius 2 is 1.62 bits per heavy atom. The van der Waals surface area contributed by atoms with Gasteiger partial charge in [-0.3, -0.25) is 4.98 Å². The molecule has 0 radical (unpaired) electrons. The summed E-state index contributed by atoms with van der Waals surface area (Å²) in [5.74, 6) is 0.723. The number of rotatable bonds is 6. The lowest BCUT2D eigenvalue weighted by atomic mass is 9.83. The maximum atomic E-state index is 5.42. The molecule has 0 aliphatic heterocycles. The summed E-state index contributed by atoms with van der Waals surface area (Å²) in [4.78, 5) is 3.49. The first-order valence-corrected chi connectivity index (χ1v) is 7.87. The molecule has 4 nitrogen and oxygen atoms in total. The molecule has 2 unspecified atom stereocenters. The Morgan fingerprint density at radius 3 is 2.12 bits per heavy atom. The van der Waals surface area contributed by atoms with Crippen molar-refractivity contribution in [1.82, 2.24) is 4.98 Å². The zero-order valence-corrected chi connectivity index (χ0v) is 11.9. The Labute approximate surface area is 100 Å². The van der Waals surface area contributed by atoms with Gasteiger partial charge in [0.25, 0.3) is 0 Å². The van der Waals surface area contributed by atoms with Gasteiger partial charge in [-0.2, -0.15) is 0 Å². The van der Waals surface area contributed by atoms with Crippen LogP contribution < -0.4 is 4.98 Å². The molecule has 1 N–H and O–H groups in total. The first-order valence-electron chi connectivity index (χ1n) is 6.14. The van der Waals surface area contributed by atoms with E-state index in [0.717, 1.165) is 5.92 Å². The Morgan fingerprint density at radius 1 is 1.06 bits per heavy atom. The van der Waals surface area contributed by atoms with Crippen LogP contribution in [0.1, 0.15) is 39.0 Å². The summed E-state index contributed by atoms with van der Waals surface area (Å²) in [5, 5.41) is 0. The molecule has 1 aliphatic rings. The topological polar surface area (TPSA) is 39.7 Å². The van der Waals surface area contributed by atoms with E-state index in [4.69, 9.17) is 13.3 Å². The van der Waals surface area contributed by atoms with Crippen molar-refractivity contribution in [3.8, 4) is 0 Å². The van der Waals surface area contributed by atoms with Crippen LogP contribution in [0.5, 0.6) is 0 Å². The van der Waals surface area contributed by atoms with Crippen molar-refractivity contribution in [1.29, 1.82) is 0 Å². The first kappa shape index (κ1) is 14.1. The highest BCUT2D eigenvalue weighted by Crippen LogP contribution is 2.27. The highest BCUT2D eigenvalue weighted by Gasteiger charge is 2.43. The fourth-order valence-electron chi connectivity index (χ4n) is 2.54. The van der Waals surface area contributed by atoms with Gasteiger partial charge in [-0.15, -0.1) is 0 Å². The zero-order valence-electron chi connectivity index (χ0n) is 10.9. The van der Waals surface area contributed by atoms with Crippen molar-refractivity contribution in [2.24, 2.45) is 5.92 Å². The number of hydrogen-bond donors (Lipinski definition) is 1. The van der Waals surface area contributed by atoms with Crippen LogP contribution in [0.2, 0.25) is 0 Å². The van der Waals surface area contributed by atoms with Crippen LogP contribution in [0.3, 0.4) is 0 Å². The molecule has 0 aromatic rings. The summed E-state index contributed by atoms with van der Waals surface area (Å²) in [7, 11) is 2.33. The third-order valence-electron chi connectivity index (χ3n) is 3.60. The predicted molar refractivity (Wildman–Crippen MR) is 66.0 cm³/mol. The van der Waals surface area contributed by atoms with Gasteiger partial charge in [-0.05, 0) is 18.8 Å². The van der Waals surface area contributed by atoms with Crippen LogP contribution >= 0.6 is 0 Å². The molecule has 0 saturated heterocycles. The van der Waals surface area contributed by atoms with Gasteiger partial charge in [0.2, 0.25) is 0 Å². The molecule has 0 aromatic heterocycles. The molecule has 1 saturated carbocycles. The van der Waals surface area contributed by atoms with E-state index in [1.54, 1.807) is 21.3 Å². The van der Waals surface area contributed by atoms with Crippen molar-refractivity contribution in [2.45, 2.75) is 45.1 Å². The Kier molecular flexibility index (Phi) is 5.92. The normalized spacial score (nSPS) is 27.0. The Hall–Kier alpha value is 0.0569. The number of nitrogens with one attached hydrogen (secondary N) is 1. The summed E-state index contributed by atoms with van der Waals surface area (Å²) in [6.07, 6.45) is 6.34. The average molecular weight is 247 g/mol. The van der Waals surface area contributed by atoms with Crippen LogP contribution in [-0.2, 0) is 13.3 Å². The van der Waals surface area contributed by atoms with Crippen LogP contribution in [0.4, 0.5) is 0 Å². The lowest BCUT2D eigenvalue weighted by Crippen LogP contribution is -2.62. The highest BCUT2D eigenvalue weighted by atomic mass is 28.4. The molecule has 0 heterocycles. The van der Waals surface area contributed by atoms with E-state index < -0.39 is 8.97 Å². The molecule has 2 atom stereocenters. The van der Waals surface area contributed by atoms with E-state index >= 15 is 0 Å². The maximum absolute atomic E-state index is 5.42. The van der Waals surface area contributed by atoms with Crippen LogP contribution in [0.15, 0.2) is 0 Å². The van der Waals surface area contributed by atoms with E-state index in [9.17, 15) is 0 Å². The van der Waals surface area contributed by atoms with Crippen molar-refractivity contribution >= 4 is 8.97 Å². The van der Waals surface area contributed by atoms with Crippen molar-refractivity contribution in [3.63, 3.8) is 0 Å². The van der Waals surface area contributed by atoms with E-state index in [1.807, 2.05) is 0 Å². The summed E-state index contributed by atoms with van der Waals surface area (Å²) < 4.78 is 16.2. The van der Waals surface area contributed by atoms with E-state index in [1.165, 1.54) is 32.1 Å². The van der Waals surface area contributed by atoms with Gasteiger partial charge in [0.05, 0.1) is 0 Å². The van der Waals surface area contributed by atoms with Crippen LogP contribution in [-0.4, -0.2) is 36.3 Å². The molecular formula is C11H25NO3Si. The minimum absolute atomic E-state index is 0.477. The second-order valence-electron chi connectivity index (χ2n) is 4.37. The number of hydrogen-bond acceptors (Lipinski definition) is 4. The molecule has 1 fully saturated rings. The highest BCUT2D eigenvalue weighted by molar-refractivity contribution is 6.57. The van der Waals surface area contributed by atoms with E-state index in [0.29, 0.717) is 6.04 Å². The molecular weight excluding hydrogens is 222 g/mol. The quantitative estimate of drug-likeness (QED) is 0.728. The van der Waals surface area contributed by atoms with E-state index in [2.05, 4.69) is 11.9 Å². The van der Waals surface area contributed by atoms with Gasteiger partial charge in [0, 0.05) is 27.4 Å². The lowest BCUT2D eigenvalue weighted by molar-refractivity contribution is 0.0953. The molecule has 1 aliphatic carbocycles. The van der Waals surface area contributed by atoms with Gasteiger partial charge in [-0.1, -0.05) is 26.2 Å². The molecule has 5 heteroatoms. The second-order valence-corrected chi connectivity index (χ2v) is 7.00. The van der Waals surface area contributed by atoms with Crippen molar-refractivity contribution in [2.75, 3.05) is 21.3 Å². The van der Waals surface area contributed by atoms with Crippen molar-refractivity contribution in [3.05, 3.63) is 0 Å². The summed E-state index contributed by atoms with van der Waals surface area (Å²) >= 11 is 0. The standard InChI is InChI=1S/C11H25NO3Si/c1-5-10-8-6-7-9-11(10)12-16(13-2,14-3)15-4/h10-12H,5-9H2,1-4H3. The van der Waals surface area contributed by atoms with Gasteiger partial charge in [0.1, 0.15) is 0 Å². The molecule has 0 amide bonds. The van der Waals surface area contributed by atoms with Gasteiger partial charge in [0.15, 0.2) is 0 Å². The monoisotopic (exact) mass is 247 g/mol. The predicted octanol–water partition coefficient (Wildman–Crippen LogP) is 1.92. The largest absolute Gasteiger partial charge is 0.596 e. The summed E-state index contributed by atoms with van der Waals surface area (Å²) in [5.41, 5.74) is 0. The maximum Gasteiger partial charge on any atom is 0.596 e. The fourth-order valence-corrected chi connectivity index (χ4v) is 4.23. The molecule has 1 rings (SSSR count). The minimum Gasteiger partial charge on any atom is -0.364 e. The van der Waals surface area contributed by atoms with Crippen LogP contribution in [0.25, 0.3) is 0 Å². The van der Waals surface area contributed by atoms with E-state index in [-0.39, 0.29) is 0 Å². The Balaban J connectivity index is 2.61. The summed E-state index contributed by atoms with van der Waals surface area (Å²) in [6, 6.07) is 0.477. The van der Waals surface area contributed by atoms with Crippen molar-refractivity contribution < 1.29 is 13.3 Å². The smallest absolute Gasteiger partial charge is 0.364 e. The molecule has 0 spiro atoms. The molecule has 0 bridgehead atoms. The SMILES string of the molecule is CCC1CCCCC1N[Si](OC)(OC)OC. The second kappa shape index (κ2) is 6.71. The zero-order chi connectivity index (χ0) is 12.0. The minimum atomic E-state index is -2.61. The fraction of sp³-hybridized carbons (Fsp3) is 1.00. The van der Waals surface area contributed by atoms with Gasteiger partial charge >= 0.3 is 8.97 Å². The Bertz CT molecular complexity index is 191. The molecule has 96 valence electrons. The molecule has 0 aromatic carbocycles.